The van der Waals surface area contributed by atoms with Crippen molar-refractivity contribution >= 4 is 39.0 Å². The first-order valence-corrected chi connectivity index (χ1v) is 6.09. The predicted octanol–water partition coefficient (Wildman–Crippen LogP) is 1.52. The molecule has 0 radical (unpaired) electrons. The SMILES string of the molecule is CS(=O)(=O)OC(=O)c1ccc(Cl)s1. The Labute approximate surface area is 84.2 Å². The second-order valence-electron chi connectivity index (χ2n) is 2.18. The maximum absolute atomic E-state index is 11.0. The molecule has 4 nitrogen and oxygen atoms in total. The molecule has 1 rings (SSSR count). The Morgan fingerprint density at radius 3 is 2.54 bits per heavy atom. The minimum atomic E-state index is -3.75. The van der Waals surface area contributed by atoms with Crippen LogP contribution in [-0.2, 0) is 14.3 Å². The van der Waals surface area contributed by atoms with Gasteiger partial charge in [0.1, 0.15) is 4.88 Å². The molecule has 0 aliphatic rings. The van der Waals surface area contributed by atoms with E-state index in [1.54, 1.807) is 0 Å². The van der Waals surface area contributed by atoms with E-state index < -0.39 is 16.1 Å². The summed E-state index contributed by atoms with van der Waals surface area (Å²) in [5.41, 5.74) is 0. The summed E-state index contributed by atoms with van der Waals surface area (Å²) in [7, 11) is -3.75. The third-order valence-electron chi connectivity index (χ3n) is 1.00. The molecular weight excluding hydrogens is 236 g/mol. The molecule has 0 N–H and O–H groups in total. The van der Waals surface area contributed by atoms with E-state index in [0.717, 1.165) is 17.6 Å². The number of rotatable bonds is 2. The number of halogens is 1. The van der Waals surface area contributed by atoms with Crippen LogP contribution in [0, 0.1) is 0 Å². The van der Waals surface area contributed by atoms with Crippen LogP contribution in [0.5, 0.6) is 0 Å². The number of hydrogen-bond donors (Lipinski definition) is 0. The molecule has 0 unspecified atom stereocenters. The summed E-state index contributed by atoms with van der Waals surface area (Å²) in [4.78, 5) is 11.2. The zero-order valence-corrected chi connectivity index (χ0v) is 8.87. The summed E-state index contributed by atoms with van der Waals surface area (Å²) in [5, 5.41) is 0. The minimum Gasteiger partial charge on any atom is -0.341 e. The Morgan fingerprint density at radius 1 is 1.54 bits per heavy atom. The molecule has 0 saturated heterocycles. The van der Waals surface area contributed by atoms with Crippen molar-refractivity contribution in [2.45, 2.75) is 0 Å². The van der Waals surface area contributed by atoms with Crippen LogP contribution < -0.4 is 0 Å². The van der Waals surface area contributed by atoms with Gasteiger partial charge in [0.05, 0.1) is 10.6 Å². The lowest BCUT2D eigenvalue weighted by atomic mass is 10.5. The van der Waals surface area contributed by atoms with E-state index in [2.05, 4.69) is 4.18 Å². The summed E-state index contributed by atoms with van der Waals surface area (Å²) >= 11 is 6.50. The molecule has 0 aliphatic carbocycles. The Kier molecular flexibility index (Phi) is 2.94. The normalized spacial score (nSPS) is 11.2. The molecule has 0 amide bonds. The standard InChI is InChI=1S/C6H5ClO4S2/c1-13(9,10)11-6(8)4-2-3-5(7)12-4/h2-3H,1H3. The molecule has 0 spiro atoms. The molecule has 0 atom stereocenters. The van der Waals surface area contributed by atoms with Gasteiger partial charge in [-0.3, -0.25) is 0 Å². The molecule has 13 heavy (non-hydrogen) atoms. The first-order chi connectivity index (χ1) is 5.88. The van der Waals surface area contributed by atoms with Crippen LogP contribution in [0.15, 0.2) is 12.1 Å². The van der Waals surface area contributed by atoms with E-state index in [9.17, 15) is 13.2 Å². The van der Waals surface area contributed by atoms with E-state index in [0.29, 0.717) is 4.34 Å². The Morgan fingerprint density at radius 2 is 2.15 bits per heavy atom. The van der Waals surface area contributed by atoms with Crippen LogP contribution in [0.3, 0.4) is 0 Å². The Bertz CT molecular complexity index is 420. The molecule has 1 aromatic rings. The van der Waals surface area contributed by atoms with Crippen molar-refractivity contribution in [1.29, 1.82) is 0 Å². The summed E-state index contributed by atoms with van der Waals surface area (Å²) in [6.07, 6.45) is 0.806. The fraction of sp³-hybridized carbons (Fsp3) is 0.167. The number of carbonyl (C=O) groups excluding carboxylic acids is 1. The Balaban J connectivity index is 2.81. The van der Waals surface area contributed by atoms with Crippen LogP contribution in [0.1, 0.15) is 9.67 Å². The van der Waals surface area contributed by atoms with E-state index in [1.807, 2.05) is 0 Å². The minimum absolute atomic E-state index is 0.162. The largest absolute Gasteiger partial charge is 0.363 e. The Hall–Kier alpha value is -0.590. The molecule has 72 valence electrons. The van der Waals surface area contributed by atoms with Gasteiger partial charge in [-0.1, -0.05) is 11.6 Å². The second kappa shape index (κ2) is 3.65. The van der Waals surface area contributed by atoms with Crippen molar-refractivity contribution in [3.63, 3.8) is 0 Å². The molecule has 0 aliphatic heterocycles. The van der Waals surface area contributed by atoms with Gasteiger partial charge in [0.25, 0.3) is 0 Å². The van der Waals surface area contributed by atoms with Crippen LogP contribution in [0.2, 0.25) is 4.34 Å². The summed E-state index contributed by atoms with van der Waals surface area (Å²) in [6, 6.07) is 2.89. The smallest absolute Gasteiger partial charge is 0.341 e. The van der Waals surface area contributed by atoms with Crippen LogP contribution in [-0.4, -0.2) is 20.6 Å². The molecule has 1 heterocycles. The molecule has 0 aromatic carbocycles. The highest BCUT2D eigenvalue weighted by Gasteiger charge is 2.15. The maximum atomic E-state index is 11.0. The van der Waals surface area contributed by atoms with E-state index in [-0.39, 0.29) is 4.88 Å². The van der Waals surface area contributed by atoms with Gasteiger partial charge >= 0.3 is 16.1 Å². The highest BCUT2D eigenvalue weighted by atomic mass is 35.5. The molecule has 0 fully saturated rings. The fourth-order valence-corrected chi connectivity index (χ4v) is 1.94. The summed E-state index contributed by atoms with van der Waals surface area (Å²) < 4.78 is 25.6. The molecule has 0 bridgehead atoms. The van der Waals surface area contributed by atoms with E-state index in [4.69, 9.17) is 11.6 Å². The topological polar surface area (TPSA) is 60.4 Å². The zero-order valence-electron chi connectivity index (χ0n) is 6.48. The number of carbonyl (C=O) groups is 1. The average molecular weight is 241 g/mol. The van der Waals surface area contributed by atoms with Gasteiger partial charge in [-0.15, -0.1) is 11.3 Å². The van der Waals surface area contributed by atoms with Gasteiger partial charge in [0, 0.05) is 0 Å². The third kappa shape index (κ3) is 3.33. The van der Waals surface area contributed by atoms with Gasteiger partial charge in [0.15, 0.2) is 0 Å². The summed E-state index contributed by atoms with van der Waals surface area (Å²) in [6.45, 7) is 0. The van der Waals surface area contributed by atoms with Crippen molar-refractivity contribution in [3.05, 3.63) is 21.3 Å². The highest BCUT2D eigenvalue weighted by Crippen LogP contribution is 2.22. The van der Waals surface area contributed by atoms with Crippen LogP contribution in [0.25, 0.3) is 0 Å². The van der Waals surface area contributed by atoms with Crippen molar-refractivity contribution in [2.75, 3.05) is 6.26 Å². The lowest BCUT2D eigenvalue weighted by molar-refractivity contribution is 0.0753. The van der Waals surface area contributed by atoms with Crippen LogP contribution in [0.4, 0.5) is 0 Å². The van der Waals surface area contributed by atoms with Crippen molar-refractivity contribution in [3.8, 4) is 0 Å². The number of thiophene rings is 1. The monoisotopic (exact) mass is 240 g/mol. The average Bonchev–Trinajstić information content (AvgIpc) is 2.31. The lowest BCUT2D eigenvalue weighted by Crippen LogP contribution is -2.09. The second-order valence-corrected chi connectivity index (χ2v) is 5.47. The third-order valence-corrected chi connectivity index (χ3v) is 2.67. The lowest BCUT2D eigenvalue weighted by Gasteiger charge is -1.96. The van der Waals surface area contributed by atoms with Gasteiger partial charge in [-0.25, -0.2) is 4.79 Å². The fourth-order valence-electron chi connectivity index (χ4n) is 0.603. The van der Waals surface area contributed by atoms with Gasteiger partial charge in [0.2, 0.25) is 0 Å². The molecule has 1 aromatic heterocycles. The summed E-state index contributed by atoms with van der Waals surface area (Å²) in [5.74, 6) is -0.903. The van der Waals surface area contributed by atoms with Crippen LogP contribution >= 0.6 is 22.9 Å². The zero-order chi connectivity index (χ0) is 10.1. The van der Waals surface area contributed by atoms with Crippen molar-refractivity contribution in [2.24, 2.45) is 0 Å². The quantitative estimate of drug-likeness (QED) is 0.736. The molecule has 7 heteroatoms. The van der Waals surface area contributed by atoms with E-state index in [1.165, 1.54) is 12.1 Å². The highest BCUT2D eigenvalue weighted by molar-refractivity contribution is 7.86. The molecule has 0 saturated carbocycles. The predicted molar refractivity (Wildman–Crippen MR) is 49.6 cm³/mol. The number of hydrogen-bond acceptors (Lipinski definition) is 5. The van der Waals surface area contributed by atoms with Crippen molar-refractivity contribution < 1.29 is 17.4 Å². The van der Waals surface area contributed by atoms with Gasteiger partial charge < -0.3 is 4.18 Å². The van der Waals surface area contributed by atoms with Gasteiger partial charge in [-0.2, -0.15) is 8.42 Å². The first kappa shape index (κ1) is 10.5. The van der Waals surface area contributed by atoms with Gasteiger partial charge in [-0.05, 0) is 12.1 Å². The maximum Gasteiger partial charge on any atom is 0.363 e. The van der Waals surface area contributed by atoms with E-state index >= 15 is 0 Å². The first-order valence-electron chi connectivity index (χ1n) is 3.07. The molecular formula is C6H5ClO4S2. The van der Waals surface area contributed by atoms with Crippen molar-refractivity contribution in [1.82, 2.24) is 0 Å².